The van der Waals surface area contributed by atoms with E-state index in [1.807, 2.05) is 19.1 Å². The monoisotopic (exact) mass is 309 g/mol. The fourth-order valence-corrected chi connectivity index (χ4v) is 2.54. The van der Waals surface area contributed by atoms with E-state index in [-0.39, 0.29) is 12.2 Å². The van der Waals surface area contributed by atoms with Crippen molar-refractivity contribution in [2.75, 3.05) is 10.9 Å². The van der Waals surface area contributed by atoms with Crippen LogP contribution in [0, 0.1) is 6.92 Å². The smallest absolute Gasteiger partial charge is 0.344 e. The molecular formula is C15H19NO4S. The first-order valence-corrected chi connectivity index (χ1v) is 7.52. The van der Waals surface area contributed by atoms with Gasteiger partial charge in [0.1, 0.15) is 5.57 Å². The summed E-state index contributed by atoms with van der Waals surface area (Å²) in [5.74, 6) is -0.595. The average molecular weight is 309 g/mol. The highest BCUT2D eigenvalue weighted by Gasteiger charge is 2.27. The summed E-state index contributed by atoms with van der Waals surface area (Å²) in [7, 11) is 0. The van der Waals surface area contributed by atoms with Crippen LogP contribution in [0.3, 0.4) is 0 Å². The number of esters is 1. The number of hydrogen-bond acceptors (Lipinski definition) is 3. The number of ether oxygens (including phenoxy) is 1. The number of benzene rings is 1. The highest BCUT2D eigenvalue weighted by molar-refractivity contribution is 7.80. The van der Waals surface area contributed by atoms with Crippen LogP contribution in [0.5, 0.6) is 0 Å². The molecule has 1 rings (SSSR count). The first kappa shape index (κ1) is 17.2. The van der Waals surface area contributed by atoms with Crippen molar-refractivity contribution < 1.29 is 18.3 Å². The van der Waals surface area contributed by atoms with Crippen LogP contribution in [0.15, 0.2) is 42.1 Å². The van der Waals surface area contributed by atoms with E-state index < -0.39 is 23.3 Å². The highest BCUT2D eigenvalue weighted by Crippen LogP contribution is 2.23. The Hall–Kier alpha value is -1.88. The van der Waals surface area contributed by atoms with E-state index in [0.717, 1.165) is 5.56 Å². The number of carbonyl (C=O) groups is 1. The molecule has 0 radical (unpaired) electrons. The molecule has 5 nitrogen and oxygen atoms in total. The molecule has 1 aromatic carbocycles. The molecule has 0 saturated heterocycles. The van der Waals surface area contributed by atoms with Crippen LogP contribution in [-0.4, -0.2) is 27.4 Å². The van der Waals surface area contributed by atoms with Crippen LogP contribution in [-0.2, 0) is 20.8 Å². The fourth-order valence-electron chi connectivity index (χ4n) is 1.86. The quantitative estimate of drug-likeness (QED) is 0.380. The Kier molecular flexibility index (Phi) is 6.37. The summed E-state index contributed by atoms with van der Waals surface area (Å²) < 4.78 is 27.3. The largest absolute Gasteiger partial charge is 0.462 e. The Morgan fingerprint density at radius 2 is 2.05 bits per heavy atom. The predicted octanol–water partition coefficient (Wildman–Crippen LogP) is 2.60. The third-order valence-electron chi connectivity index (χ3n) is 2.91. The Balaban J connectivity index is 3.16. The lowest BCUT2D eigenvalue weighted by molar-refractivity contribution is -0.138. The van der Waals surface area contributed by atoms with Gasteiger partial charge in [0.25, 0.3) is 11.3 Å². The second-order valence-corrected chi connectivity index (χ2v) is 5.23. The molecule has 1 aromatic rings. The summed E-state index contributed by atoms with van der Waals surface area (Å²) in [6, 6.07) is 6.38. The van der Waals surface area contributed by atoms with Gasteiger partial charge in [0.2, 0.25) is 0 Å². The molecule has 0 saturated carbocycles. The summed E-state index contributed by atoms with van der Waals surface area (Å²) in [5.41, 5.74) is 4.17. The molecule has 0 aliphatic rings. The molecule has 6 heteroatoms. The minimum absolute atomic E-state index is 0.111. The minimum atomic E-state index is -2.30. The standard InChI is InChI=1S/C15H19NO4S/c1-5-14(15(17)20-6-2)12(4)16(21(18)19)13-9-7-11(3)8-10-13/h7-10,12H,1,6H2,2-4H3,(H,18,19). The van der Waals surface area contributed by atoms with Crippen LogP contribution >= 0.6 is 0 Å². The number of hydrogen-bond donors (Lipinski definition) is 1. The number of carbonyl (C=O) groups excluding carboxylic acids is 1. The van der Waals surface area contributed by atoms with Crippen LogP contribution in [0.1, 0.15) is 19.4 Å². The van der Waals surface area contributed by atoms with Crippen molar-refractivity contribution in [2.45, 2.75) is 26.8 Å². The van der Waals surface area contributed by atoms with E-state index in [2.05, 4.69) is 12.3 Å². The lowest BCUT2D eigenvalue weighted by Crippen LogP contribution is -2.38. The third-order valence-corrected chi connectivity index (χ3v) is 3.78. The zero-order chi connectivity index (χ0) is 16.0. The van der Waals surface area contributed by atoms with Gasteiger partial charge in [-0.15, -0.1) is 5.73 Å². The molecular weight excluding hydrogens is 290 g/mol. The topological polar surface area (TPSA) is 66.8 Å². The molecule has 0 aliphatic carbocycles. The molecule has 0 bridgehead atoms. The van der Waals surface area contributed by atoms with Crippen LogP contribution in [0.25, 0.3) is 0 Å². The van der Waals surface area contributed by atoms with Gasteiger partial charge in [-0.25, -0.2) is 9.00 Å². The van der Waals surface area contributed by atoms with Crippen molar-refractivity contribution in [1.29, 1.82) is 0 Å². The molecule has 1 N–H and O–H groups in total. The molecule has 0 amide bonds. The van der Waals surface area contributed by atoms with Crippen molar-refractivity contribution >= 4 is 22.9 Å². The van der Waals surface area contributed by atoms with Gasteiger partial charge in [-0.2, -0.15) is 0 Å². The Labute approximate surface area is 127 Å². The summed E-state index contributed by atoms with van der Waals surface area (Å²) in [6.45, 7) is 8.90. The van der Waals surface area contributed by atoms with Gasteiger partial charge < -0.3 is 4.74 Å². The second-order valence-electron chi connectivity index (χ2n) is 4.38. The first-order valence-electron chi connectivity index (χ1n) is 6.46. The highest BCUT2D eigenvalue weighted by atomic mass is 32.2. The number of anilines is 1. The maximum absolute atomic E-state index is 11.9. The van der Waals surface area contributed by atoms with Gasteiger partial charge in [0.15, 0.2) is 0 Å². The first-order chi connectivity index (χ1) is 9.92. The van der Waals surface area contributed by atoms with Crippen LogP contribution in [0.4, 0.5) is 5.69 Å². The zero-order valence-corrected chi connectivity index (χ0v) is 13.1. The third kappa shape index (κ3) is 4.29. The summed E-state index contributed by atoms with van der Waals surface area (Å²) in [4.78, 5) is 11.9. The van der Waals surface area contributed by atoms with Gasteiger partial charge in [0, 0.05) is 0 Å². The van der Waals surface area contributed by atoms with Gasteiger partial charge >= 0.3 is 5.97 Å². The van der Waals surface area contributed by atoms with Gasteiger partial charge in [-0.3, -0.25) is 8.86 Å². The van der Waals surface area contributed by atoms with E-state index in [1.165, 1.54) is 4.31 Å². The molecule has 0 spiro atoms. The van der Waals surface area contributed by atoms with Crippen LogP contribution in [0.2, 0.25) is 0 Å². The predicted molar refractivity (Wildman–Crippen MR) is 83.2 cm³/mol. The molecule has 2 unspecified atom stereocenters. The van der Waals surface area contributed by atoms with Crippen molar-refractivity contribution in [3.63, 3.8) is 0 Å². The average Bonchev–Trinajstić information content (AvgIpc) is 2.42. The SMILES string of the molecule is C=C=C(C(=O)OCC)C(C)N(c1ccc(C)cc1)S(=O)O. The molecule has 114 valence electrons. The van der Waals surface area contributed by atoms with E-state index >= 15 is 0 Å². The van der Waals surface area contributed by atoms with Gasteiger partial charge in [-0.1, -0.05) is 24.3 Å². The fraction of sp³-hybridized carbons (Fsp3) is 0.333. The van der Waals surface area contributed by atoms with E-state index in [9.17, 15) is 13.6 Å². The van der Waals surface area contributed by atoms with E-state index in [0.29, 0.717) is 5.69 Å². The van der Waals surface area contributed by atoms with Crippen molar-refractivity contribution in [1.82, 2.24) is 0 Å². The summed E-state index contributed by atoms with van der Waals surface area (Å²) >= 11 is -2.30. The molecule has 0 aromatic heterocycles. The lowest BCUT2D eigenvalue weighted by atomic mass is 10.1. The Morgan fingerprint density at radius 3 is 2.48 bits per heavy atom. The van der Waals surface area contributed by atoms with E-state index in [1.54, 1.807) is 26.0 Å². The number of rotatable bonds is 6. The Morgan fingerprint density at radius 1 is 1.48 bits per heavy atom. The van der Waals surface area contributed by atoms with Crippen molar-refractivity contribution in [2.24, 2.45) is 0 Å². The van der Waals surface area contributed by atoms with Crippen molar-refractivity contribution in [3.8, 4) is 0 Å². The summed E-state index contributed by atoms with van der Waals surface area (Å²) in [5, 5.41) is 0. The van der Waals surface area contributed by atoms with E-state index in [4.69, 9.17) is 4.74 Å². The lowest BCUT2D eigenvalue weighted by Gasteiger charge is -2.27. The molecule has 0 fully saturated rings. The molecule has 0 heterocycles. The van der Waals surface area contributed by atoms with Gasteiger partial charge in [-0.05, 0) is 32.9 Å². The maximum atomic E-state index is 11.9. The molecule has 0 aliphatic heterocycles. The normalized spacial score (nSPS) is 13.0. The molecule has 21 heavy (non-hydrogen) atoms. The second kappa shape index (κ2) is 7.78. The molecule has 2 atom stereocenters. The minimum Gasteiger partial charge on any atom is -0.462 e. The number of aryl methyl sites for hydroxylation is 1. The zero-order valence-electron chi connectivity index (χ0n) is 12.3. The Bertz CT molecular complexity index is 576. The maximum Gasteiger partial charge on any atom is 0.344 e. The van der Waals surface area contributed by atoms with Crippen LogP contribution < -0.4 is 4.31 Å². The van der Waals surface area contributed by atoms with Crippen molar-refractivity contribution in [3.05, 3.63) is 47.7 Å². The van der Waals surface area contributed by atoms with Gasteiger partial charge in [0.05, 0.1) is 18.3 Å². The summed E-state index contributed by atoms with van der Waals surface area (Å²) in [6.07, 6.45) is 0. The number of nitrogens with zero attached hydrogens (tertiary/aromatic N) is 1.